The zero-order valence-corrected chi connectivity index (χ0v) is 14.4. The van der Waals surface area contributed by atoms with Crippen molar-refractivity contribution in [1.29, 1.82) is 0 Å². The molecule has 5 nitrogen and oxygen atoms in total. The number of aryl methyl sites for hydroxylation is 1. The number of fused-ring (bicyclic) bond motifs is 1. The third kappa shape index (κ3) is 4.59. The third-order valence-electron chi connectivity index (χ3n) is 4.02. The van der Waals surface area contributed by atoms with Gasteiger partial charge in [-0.2, -0.15) is 0 Å². The topological polar surface area (TPSA) is 56.1 Å². The van der Waals surface area contributed by atoms with Crippen molar-refractivity contribution in [2.75, 3.05) is 13.2 Å². The number of imidazole rings is 1. The predicted octanol–water partition coefficient (Wildman–Crippen LogP) is 3.18. The summed E-state index contributed by atoms with van der Waals surface area (Å²) in [5, 5.41) is 2.98. The van der Waals surface area contributed by atoms with Gasteiger partial charge in [-0.1, -0.05) is 24.3 Å². The first-order valence-electron chi connectivity index (χ1n) is 8.64. The number of amides is 1. The number of ether oxygens (including phenoxy) is 1. The van der Waals surface area contributed by atoms with Crippen molar-refractivity contribution in [3.8, 4) is 5.75 Å². The van der Waals surface area contributed by atoms with Crippen LogP contribution < -0.4 is 10.1 Å². The van der Waals surface area contributed by atoms with E-state index in [1.165, 1.54) is 0 Å². The average Bonchev–Trinajstić information content (AvgIpc) is 3.04. The van der Waals surface area contributed by atoms with E-state index in [9.17, 15) is 4.79 Å². The van der Waals surface area contributed by atoms with E-state index in [2.05, 4.69) is 20.9 Å². The second-order valence-electron chi connectivity index (χ2n) is 5.88. The lowest BCUT2D eigenvalue weighted by Gasteiger charge is -2.08. The molecule has 5 heteroatoms. The largest absolute Gasteiger partial charge is 0.494 e. The fourth-order valence-corrected chi connectivity index (χ4v) is 2.78. The highest BCUT2D eigenvalue weighted by Crippen LogP contribution is 2.13. The Kier molecular flexibility index (Phi) is 5.67. The molecule has 0 aliphatic rings. The first-order chi connectivity index (χ1) is 12.3. The molecule has 0 fully saturated rings. The molecule has 0 aliphatic carbocycles. The molecule has 1 amide bonds. The number of para-hydroxylation sites is 2. The quantitative estimate of drug-likeness (QED) is 0.642. The minimum atomic E-state index is 0.0413. The summed E-state index contributed by atoms with van der Waals surface area (Å²) in [6, 6.07) is 15.7. The van der Waals surface area contributed by atoms with Crippen LogP contribution in [0.5, 0.6) is 5.75 Å². The number of aromatic nitrogens is 2. The predicted molar refractivity (Wildman–Crippen MR) is 98.7 cm³/mol. The van der Waals surface area contributed by atoms with Crippen LogP contribution in [0.1, 0.15) is 18.9 Å². The molecule has 0 spiro atoms. The van der Waals surface area contributed by atoms with Crippen LogP contribution in [-0.2, 0) is 17.8 Å². The van der Waals surface area contributed by atoms with Crippen molar-refractivity contribution in [3.63, 3.8) is 0 Å². The first-order valence-corrected chi connectivity index (χ1v) is 8.64. The highest BCUT2D eigenvalue weighted by molar-refractivity contribution is 5.78. The van der Waals surface area contributed by atoms with E-state index < -0.39 is 0 Å². The van der Waals surface area contributed by atoms with Gasteiger partial charge >= 0.3 is 0 Å². The number of rotatable bonds is 8. The zero-order valence-electron chi connectivity index (χ0n) is 14.4. The Morgan fingerprint density at radius 2 is 1.96 bits per heavy atom. The molecule has 0 unspecified atom stereocenters. The van der Waals surface area contributed by atoms with Crippen molar-refractivity contribution in [2.45, 2.75) is 26.3 Å². The summed E-state index contributed by atoms with van der Waals surface area (Å²) in [7, 11) is 0. The average molecular weight is 337 g/mol. The summed E-state index contributed by atoms with van der Waals surface area (Å²) in [6.45, 7) is 4.09. The van der Waals surface area contributed by atoms with Gasteiger partial charge in [0.05, 0.1) is 30.4 Å². The van der Waals surface area contributed by atoms with Gasteiger partial charge in [-0.15, -0.1) is 0 Å². The number of hydrogen-bond acceptors (Lipinski definition) is 3. The second kappa shape index (κ2) is 8.33. The minimum absolute atomic E-state index is 0.0413. The molecule has 0 saturated heterocycles. The van der Waals surface area contributed by atoms with Gasteiger partial charge in [-0.25, -0.2) is 4.98 Å². The molecule has 3 aromatic rings. The standard InChI is InChI=1S/C20H23N3O2/c1-2-25-17-10-8-16(9-11-17)14-20(24)21-12-5-13-23-15-22-18-6-3-4-7-19(18)23/h3-4,6-11,15H,2,5,12-14H2,1H3,(H,21,24). The summed E-state index contributed by atoms with van der Waals surface area (Å²) in [5.41, 5.74) is 3.12. The lowest BCUT2D eigenvalue weighted by molar-refractivity contribution is -0.120. The van der Waals surface area contributed by atoms with Gasteiger partial charge in [0.1, 0.15) is 5.75 Å². The van der Waals surface area contributed by atoms with Gasteiger partial charge in [-0.05, 0) is 43.2 Å². The Labute approximate surface area is 147 Å². The summed E-state index contributed by atoms with van der Waals surface area (Å²) in [5.74, 6) is 0.874. The third-order valence-corrected chi connectivity index (χ3v) is 4.02. The van der Waals surface area contributed by atoms with Crippen molar-refractivity contribution >= 4 is 16.9 Å². The summed E-state index contributed by atoms with van der Waals surface area (Å²) in [4.78, 5) is 16.4. The number of carbonyl (C=O) groups excluding carboxylic acids is 1. The molecule has 1 N–H and O–H groups in total. The highest BCUT2D eigenvalue weighted by Gasteiger charge is 2.04. The molecule has 0 aliphatic heterocycles. The van der Waals surface area contributed by atoms with Gasteiger partial charge in [0, 0.05) is 13.1 Å². The fourth-order valence-electron chi connectivity index (χ4n) is 2.78. The molecule has 0 saturated carbocycles. The smallest absolute Gasteiger partial charge is 0.224 e. The van der Waals surface area contributed by atoms with Gasteiger partial charge in [-0.3, -0.25) is 4.79 Å². The van der Waals surface area contributed by atoms with Crippen LogP contribution >= 0.6 is 0 Å². The Morgan fingerprint density at radius 3 is 2.76 bits per heavy atom. The Hall–Kier alpha value is -2.82. The van der Waals surface area contributed by atoms with E-state index in [-0.39, 0.29) is 5.91 Å². The number of benzene rings is 2. The monoisotopic (exact) mass is 337 g/mol. The van der Waals surface area contributed by atoms with Crippen LogP contribution in [0.4, 0.5) is 0 Å². The molecular formula is C20H23N3O2. The number of nitrogens with zero attached hydrogens (tertiary/aromatic N) is 2. The van der Waals surface area contributed by atoms with Crippen LogP contribution in [0.3, 0.4) is 0 Å². The number of nitrogens with one attached hydrogen (secondary N) is 1. The van der Waals surface area contributed by atoms with E-state index in [1.807, 2.05) is 55.7 Å². The maximum atomic E-state index is 12.0. The summed E-state index contributed by atoms with van der Waals surface area (Å²) in [6.07, 6.45) is 3.11. The van der Waals surface area contributed by atoms with Crippen molar-refractivity contribution in [3.05, 3.63) is 60.4 Å². The van der Waals surface area contributed by atoms with Crippen LogP contribution in [0.25, 0.3) is 11.0 Å². The second-order valence-corrected chi connectivity index (χ2v) is 5.88. The molecule has 25 heavy (non-hydrogen) atoms. The van der Waals surface area contributed by atoms with E-state index in [1.54, 1.807) is 0 Å². The first kappa shape index (κ1) is 17.0. The molecule has 1 heterocycles. The van der Waals surface area contributed by atoms with Gasteiger partial charge in [0.25, 0.3) is 0 Å². The molecule has 1 aromatic heterocycles. The van der Waals surface area contributed by atoms with Crippen molar-refractivity contribution in [1.82, 2.24) is 14.9 Å². The minimum Gasteiger partial charge on any atom is -0.494 e. The van der Waals surface area contributed by atoms with Gasteiger partial charge in [0.15, 0.2) is 0 Å². The van der Waals surface area contributed by atoms with Crippen molar-refractivity contribution in [2.24, 2.45) is 0 Å². The molecular weight excluding hydrogens is 314 g/mol. The number of hydrogen-bond donors (Lipinski definition) is 1. The normalized spacial score (nSPS) is 10.8. The van der Waals surface area contributed by atoms with Crippen LogP contribution in [0, 0.1) is 0 Å². The Balaban J connectivity index is 1.42. The maximum absolute atomic E-state index is 12.0. The van der Waals surface area contributed by atoms with E-state index in [4.69, 9.17) is 4.74 Å². The van der Waals surface area contributed by atoms with Crippen LogP contribution in [-0.4, -0.2) is 28.6 Å². The van der Waals surface area contributed by atoms with Gasteiger partial charge in [0.2, 0.25) is 5.91 Å². The SMILES string of the molecule is CCOc1ccc(CC(=O)NCCCn2cnc3ccccc32)cc1. The lowest BCUT2D eigenvalue weighted by Crippen LogP contribution is -2.26. The number of carbonyl (C=O) groups is 1. The molecule has 3 rings (SSSR count). The molecule has 0 atom stereocenters. The zero-order chi connectivity index (χ0) is 17.5. The van der Waals surface area contributed by atoms with Crippen molar-refractivity contribution < 1.29 is 9.53 Å². The Morgan fingerprint density at radius 1 is 1.16 bits per heavy atom. The van der Waals surface area contributed by atoms with Crippen LogP contribution in [0.2, 0.25) is 0 Å². The van der Waals surface area contributed by atoms with E-state index in [0.29, 0.717) is 19.6 Å². The fraction of sp³-hybridized carbons (Fsp3) is 0.300. The lowest BCUT2D eigenvalue weighted by atomic mass is 10.1. The summed E-state index contributed by atoms with van der Waals surface area (Å²) < 4.78 is 7.52. The Bertz CT molecular complexity index is 824. The van der Waals surface area contributed by atoms with Gasteiger partial charge < -0.3 is 14.6 Å². The van der Waals surface area contributed by atoms with E-state index >= 15 is 0 Å². The molecule has 2 aromatic carbocycles. The van der Waals surface area contributed by atoms with E-state index in [0.717, 1.165) is 35.3 Å². The van der Waals surface area contributed by atoms with Crippen LogP contribution in [0.15, 0.2) is 54.9 Å². The molecule has 130 valence electrons. The highest BCUT2D eigenvalue weighted by atomic mass is 16.5. The molecule has 0 bridgehead atoms. The molecule has 0 radical (unpaired) electrons. The summed E-state index contributed by atoms with van der Waals surface area (Å²) >= 11 is 0. The maximum Gasteiger partial charge on any atom is 0.224 e.